The van der Waals surface area contributed by atoms with Gasteiger partial charge in [0.1, 0.15) is 0 Å². The lowest BCUT2D eigenvalue weighted by molar-refractivity contribution is -0.115. The molecule has 0 atom stereocenters. The molecule has 2 N–H and O–H groups in total. The minimum Gasteiger partial charge on any atom is -0.411 e. The van der Waals surface area contributed by atoms with Gasteiger partial charge in [-0.15, -0.1) is 10.2 Å². The lowest BCUT2D eigenvalue weighted by atomic mass is 10.2. The Morgan fingerprint density at radius 1 is 1.47 bits per heavy atom. The zero-order valence-electron chi connectivity index (χ0n) is 8.59. The summed E-state index contributed by atoms with van der Waals surface area (Å²) in [6.07, 6.45) is 0. The van der Waals surface area contributed by atoms with E-state index in [9.17, 15) is 4.79 Å². The molecule has 1 amide bonds. The van der Waals surface area contributed by atoms with Crippen molar-refractivity contribution in [3.05, 3.63) is 28.7 Å². The van der Waals surface area contributed by atoms with Crippen LogP contribution < -0.4 is 5.73 Å². The molecule has 0 aliphatic rings. The van der Waals surface area contributed by atoms with E-state index in [4.69, 9.17) is 10.2 Å². The molecule has 1 aromatic heterocycles. The Balaban J connectivity index is 2.15. The first kappa shape index (κ1) is 12.1. The van der Waals surface area contributed by atoms with E-state index in [0.29, 0.717) is 11.1 Å². The van der Waals surface area contributed by atoms with E-state index < -0.39 is 5.91 Å². The average Bonchev–Trinajstić information content (AvgIpc) is 2.75. The fraction of sp³-hybridized carbons (Fsp3) is 0.100. The molecule has 0 aliphatic carbocycles. The van der Waals surface area contributed by atoms with Gasteiger partial charge in [0.25, 0.3) is 5.22 Å². The third-order valence-corrected chi connectivity index (χ3v) is 3.15. The van der Waals surface area contributed by atoms with Crippen molar-refractivity contribution < 1.29 is 9.21 Å². The van der Waals surface area contributed by atoms with Gasteiger partial charge in [0.15, 0.2) is 0 Å². The highest BCUT2D eigenvalue weighted by Crippen LogP contribution is 2.24. The zero-order valence-corrected chi connectivity index (χ0v) is 11.0. The number of carbonyl (C=O) groups is 1. The molecule has 0 bridgehead atoms. The van der Waals surface area contributed by atoms with Crippen molar-refractivity contribution in [1.82, 2.24) is 10.2 Å². The van der Waals surface area contributed by atoms with Crippen LogP contribution in [-0.2, 0) is 4.79 Å². The first-order valence-electron chi connectivity index (χ1n) is 4.65. The second-order valence-corrected chi connectivity index (χ2v) is 4.98. The van der Waals surface area contributed by atoms with E-state index >= 15 is 0 Å². The molecular formula is C10H8BrN3O2S. The highest BCUT2D eigenvalue weighted by molar-refractivity contribution is 9.10. The third kappa shape index (κ3) is 3.31. The van der Waals surface area contributed by atoms with Crippen LogP contribution in [-0.4, -0.2) is 21.9 Å². The van der Waals surface area contributed by atoms with Crippen molar-refractivity contribution in [2.45, 2.75) is 5.22 Å². The minimum absolute atomic E-state index is 0.125. The molecule has 17 heavy (non-hydrogen) atoms. The Morgan fingerprint density at radius 2 is 2.29 bits per heavy atom. The van der Waals surface area contributed by atoms with Crippen LogP contribution in [0.3, 0.4) is 0 Å². The number of aromatic nitrogens is 2. The smallest absolute Gasteiger partial charge is 0.277 e. The summed E-state index contributed by atoms with van der Waals surface area (Å²) in [6, 6.07) is 7.51. The van der Waals surface area contributed by atoms with Crippen LogP contribution >= 0.6 is 27.7 Å². The number of halogens is 1. The highest BCUT2D eigenvalue weighted by atomic mass is 79.9. The summed E-state index contributed by atoms with van der Waals surface area (Å²) < 4.78 is 6.32. The summed E-state index contributed by atoms with van der Waals surface area (Å²) in [7, 11) is 0. The number of primary amides is 1. The SMILES string of the molecule is NC(=O)CSc1nnc(-c2cccc(Br)c2)o1. The molecule has 0 fully saturated rings. The Labute approximate surface area is 110 Å². The number of nitrogens with two attached hydrogens (primary N) is 1. The first-order chi connectivity index (χ1) is 8.15. The van der Waals surface area contributed by atoms with Crippen LogP contribution in [0.5, 0.6) is 0 Å². The van der Waals surface area contributed by atoms with Gasteiger partial charge in [0.05, 0.1) is 5.75 Å². The molecule has 0 spiro atoms. The van der Waals surface area contributed by atoms with Crippen LogP contribution in [0.4, 0.5) is 0 Å². The molecule has 7 heteroatoms. The van der Waals surface area contributed by atoms with E-state index in [1.54, 1.807) is 0 Å². The molecule has 1 heterocycles. The van der Waals surface area contributed by atoms with E-state index in [-0.39, 0.29) is 5.75 Å². The summed E-state index contributed by atoms with van der Waals surface area (Å²) in [5.74, 6) is 0.121. The Hall–Kier alpha value is -1.34. The van der Waals surface area contributed by atoms with Crippen molar-refractivity contribution in [3.63, 3.8) is 0 Å². The molecular weight excluding hydrogens is 306 g/mol. The number of amides is 1. The summed E-state index contributed by atoms with van der Waals surface area (Å²) in [5, 5.41) is 8.04. The molecule has 0 radical (unpaired) electrons. The van der Waals surface area contributed by atoms with Crippen molar-refractivity contribution >= 4 is 33.6 Å². The summed E-state index contributed by atoms with van der Waals surface area (Å²) in [5.41, 5.74) is 5.84. The maximum absolute atomic E-state index is 10.6. The fourth-order valence-electron chi connectivity index (χ4n) is 1.14. The lowest BCUT2D eigenvalue weighted by Crippen LogP contribution is -2.12. The largest absolute Gasteiger partial charge is 0.411 e. The van der Waals surface area contributed by atoms with E-state index in [2.05, 4.69) is 26.1 Å². The van der Waals surface area contributed by atoms with Gasteiger partial charge in [0.2, 0.25) is 11.8 Å². The summed E-state index contributed by atoms with van der Waals surface area (Å²) in [4.78, 5) is 10.6. The van der Waals surface area contributed by atoms with E-state index in [0.717, 1.165) is 21.8 Å². The van der Waals surface area contributed by atoms with Gasteiger partial charge < -0.3 is 10.2 Å². The zero-order chi connectivity index (χ0) is 12.3. The predicted molar refractivity (Wildman–Crippen MR) is 67.4 cm³/mol. The number of rotatable bonds is 4. The molecule has 88 valence electrons. The molecule has 2 rings (SSSR count). The van der Waals surface area contributed by atoms with Gasteiger partial charge in [-0.25, -0.2) is 0 Å². The Morgan fingerprint density at radius 3 is 3.00 bits per heavy atom. The van der Waals surface area contributed by atoms with Crippen molar-refractivity contribution in [1.29, 1.82) is 0 Å². The Kier molecular flexibility index (Phi) is 3.80. The third-order valence-electron chi connectivity index (χ3n) is 1.82. The first-order valence-corrected chi connectivity index (χ1v) is 6.43. The highest BCUT2D eigenvalue weighted by Gasteiger charge is 2.10. The molecule has 0 saturated carbocycles. The van der Waals surface area contributed by atoms with Crippen LogP contribution in [0.15, 0.2) is 38.4 Å². The number of carbonyl (C=O) groups excluding carboxylic acids is 1. The maximum Gasteiger partial charge on any atom is 0.277 e. The average molecular weight is 314 g/mol. The quantitative estimate of drug-likeness (QED) is 0.874. The van der Waals surface area contributed by atoms with Gasteiger partial charge >= 0.3 is 0 Å². The molecule has 1 aromatic carbocycles. The number of benzene rings is 1. The van der Waals surface area contributed by atoms with Gasteiger partial charge in [0, 0.05) is 10.0 Å². The van der Waals surface area contributed by atoms with Crippen LogP contribution in [0.2, 0.25) is 0 Å². The molecule has 5 nitrogen and oxygen atoms in total. The van der Waals surface area contributed by atoms with Crippen LogP contribution in [0, 0.1) is 0 Å². The second-order valence-electron chi connectivity index (χ2n) is 3.14. The molecule has 2 aromatic rings. The van der Waals surface area contributed by atoms with Crippen molar-refractivity contribution in [2.24, 2.45) is 5.73 Å². The number of nitrogens with zero attached hydrogens (tertiary/aromatic N) is 2. The number of thioether (sulfide) groups is 1. The van der Waals surface area contributed by atoms with Gasteiger partial charge in [-0.05, 0) is 18.2 Å². The minimum atomic E-state index is -0.419. The van der Waals surface area contributed by atoms with Gasteiger partial charge in [-0.1, -0.05) is 33.8 Å². The maximum atomic E-state index is 10.6. The van der Waals surface area contributed by atoms with Crippen molar-refractivity contribution in [3.8, 4) is 11.5 Å². The summed E-state index contributed by atoms with van der Waals surface area (Å²) >= 11 is 4.48. The fourth-order valence-corrected chi connectivity index (χ4v) is 2.04. The molecule has 0 saturated heterocycles. The van der Waals surface area contributed by atoms with Crippen LogP contribution in [0.1, 0.15) is 0 Å². The van der Waals surface area contributed by atoms with Crippen LogP contribution in [0.25, 0.3) is 11.5 Å². The topological polar surface area (TPSA) is 82.0 Å². The Bertz CT molecular complexity index is 544. The predicted octanol–water partition coefficient (Wildman–Crippen LogP) is 2.08. The van der Waals surface area contributed by atoms with Gasteiger partial charge in [-0.3, -0.25) is 4.79 Å². The lowest BCUT2D eigenvalue weighted by Gasteiger charge is -1.94. The second kappa shape index (κ2) is 5.33. The van der Waals surface area contributed by atoms with E-state index in [1.807, 2.05) is 24.3 Å². The molecule has 0 aliphatic heterocycles. The standard InChI is InChI=1S/C10H8BrN3O2S/c11-7-3-1-2-6(4-7)9-13-14-10(16-9)17-5-8(12)15/h1-4H,5H2,(H2,12,15). The molecule has 0 unspecified atom stereocenters. The normalized spacial score (nSPS) is 10.4. The monoisotopic (exact) mass is 313 g/mol. The summed E-state index contributed by atoms with van der Waals surface area (Å²) in [6.45, 7) is 0. The van der Waals surface area contributed by atoms with E-state index in [1.165, 1.54) is 0 Å². The number of hydrogen-bond acceptors (Lipinski definition) is 5. The number of hydrogen-bond donors (Lipinski definition) is 1. The van der Waals surface area contributed by atoms with Crippen molar-refractivity contribution in [2.75, 3.05) is 5.75 Å². The van der Waals surface area contributed by atoms with Gasteiger partial charge in [-0.2, -0.15) is 0 Å².